The first kappa shape index (κ1) is 13.9. The van der Waals surface area contributed by atoms with Crippen molar-refractivity contribution in [3.05, 3.63) is 40.0 Å². The van der Waals surface area contributed by atoms with E-state index in [1.165, 1.54) is 0 Å². The first-order valence-electron chi connectivity index (χ1n) is 6.78. The number of nitrogens with one attached hydrogen (secondary N) is 1. The summed E-state index contributed by atoms with van der Waals surface area (Å²) < 4.78 is 5.47. The fourth-order valence-electron chi connectivity index (χ4n) is 2.70. The van der Waals surface area contributed by atoms with Crippen molar-refractivity contribution in [2.75, 3.05) is 13.1 Å². The van der Waals surface area contributed by atoms with Crippen molar-refractivity contribution in [1.29, 1.82) is 0 Å². The van der Waals surface area contributed by atoms with E-state index in [1.807, 2.05) is 12.1 Å². The van der Waals surface area contributed by atoms with Crippen LogP contribution in [0.3, 0.4) is 0 Å². The molecule has 0 spiro atoms. The standard InChI is InChI=1S/C15H16Cl2N2O/c1-9-5-6-18-8-10(9)13-7-14(20-19-13)15-11(16)3-2-4-12(15)17/h2-4,7,9-10,18H,5-6,8H2,1H3/t9?,10-/m0/s1. The Labute approximate surface area is 128 Å². The highest BCUT2D eigenvalue weighted by Gasteiger charge is 2.26. The van der Waals surface area contributed by atoms with Crippen molar-refractivity contribution in [2.45, 2.75) is 19.3 Å². The van der Waals surface area contributed by atoms with Crippen LogP contribution in [-0.4, -0.2) is 18.2 Å². The van der Waals surface area contributed by atoms with Gasteiger partial charge in [-0.15, -0.1) is 0 Å². The Balaban J connectivity index is 1.94. The van der Waals surface area contributed by atoms with Gasteiger partial charge in [-0.25, -0.2) is 0 Å². The third kappa shape index (κ3) is 2.58. The van der Waals surface area contributed by atoms with Crippen molar-refractivity contribution in [1.82, 2.24) is 10.5 Å². The molecule has 0 radical (unpaired) electrons. The van der Waals surface area contributed by atoms with Crippen LogP contribution in [0.1, 0.15) is 25.0 Å². The molecule has 1 fully saturated rings. The van der Waals surface area contributed by atoms with Crippen LogP contribution in [0.5, 0.6) is 0 Å². The maximum atomic E-state index is 6.20. The number of piperidine rings is 1. The van der Waals surface area contributed by atoms with Crippen molar-refractivity contribution < 1.29 is 4.52 Å². The number of hydrogen-bond donors (Lipinski definition) is 1. The molecule has 1 aliphatic rings. The molecule has 2 atom stereocenters. The molecule has 0 amide bonds. The summed E-state index contributed by atoms with van der Waals surface area (Å²) in [6.45, 7) is 4.25. The number of aromatic nitrogens is 1. The first-order chi connectivity index (χ1) is 9.66. The predicted molar refractivity (Wildman–Crippen MR) is 81.4 cm³/mol. The summed E-state index contributed by atoms with van der Waals surface area (Å²) >= 11 is 12.4. The van der Waals surface area contributed by atoms with Gasteiger partial charge in [-0.3, -0.25) is 0 Å². The first-order valence-corrected chi connectivity index (χ1v) is 7.54. The van der Waals surface area contributed by atoms with Crippen molar-refractivity contribution in [3.63, 3.8) is 0 Å². The second-order valence-corrected chi connectivity index (χ2v) is 6.10. The Bertz CT molecular complexity index is 591. The summed E-state index contributed by atoms with van der Waals surface area (Å²) in [7, 11) is 0. The maximum absolute atomic E-state index is 6.20. The van der Waals surface area contributed by atoms with Crippen LogP contribution in [0.2, 0.25) is 10.0 Å². The van der Waals surface area contributed by atoms with Gasteiger partial charge in [-0.1, -0.05) is 41.3 Å². The van der Waals surface area contributed by atoms with E-state index in [2.05, 4.69) is 17.4 Å². The average Bonchev–Trinajstić information content (AvgIpc) is 2.88. The van der Waals surface area contributed by atoms with Gasteiger partial charge in [0.2, 0.25) is 0 Å². The SMILES string of the molecule is CC1CCNC[C@@H]1c1cc(-c2c(Cl)cccc2Cl)on1. The summed E-state index contributed by atoms with van der Waals surface area (Å²) in [6.07, 6.45) is 1.15. The summed E-state index contributed by atoms with van der Waals surface area (Å²) in [5.74, 6) is 1.60. The second-order valence-electron chi connectivity index (χ2n) is 5.29. The molecule has 1 unspecified atom stereocenters. The van der Waals surface area contributed by atoms with Crippen molar-refractivity contribution >= 4 is 23.2 Å². The summed E-state index contributed by atoms with van der Waals surface area (Å²) in [4.78, 5) is 0. The Morgan fingerprint density at radius 2 is 2.05 bits per heavy atom. The highest BCUT2D eigenvalue weighted by Crippen LogP contribution is 2.37. The van der Waals surface area contributed by atoms with Gasteiger partial charge >= 0.3 is 0 Å². The fourth-order valence-corrected chi connectivity index (χ4v) is 3.28. The molecule has 1 N–H and O–H groups in total. The molecule has 2 aromatic rings. The van der Waals surface area contributed by atoms with Gasteiger partial charge in [0, 0.05) is 18.5 Å². The van der Waals surface area contributed by atoms with E-state index in [0.717, 1.165) is 25.2 Å². The van der Waals surface area contributed by atoms with Gasteiger partial charge in [0.15, 0.2) is 5.76 Å². The Kier molecular flexibility index (Phi) is 4.01. The van der Waals surface area contributed by atoms with Crippen LogP contribution in [0.4, 0.5) is 0 Å². The van der Waals surface area contributed by atoms with E-state index in [-0.39, 0.29) is 0 Å². The average molecular weight is 311 g/mol. The van der Waals surface area contributed by atoms with Crippen LogP contribution < -0.4 is 5.32 Å². The summed E-state index contributed by atoms with van der Waals surface area (Å²) in [6, 6.07) is 7.38. The molecule has 1 aliphatic heterocycles. The molecule has 106 valence electrons. The molecule has 3 rings (SSSR count). The number of nitrogens with zero attached hydrogens (tertiary/aromatic N) is 1. The fraction of sp³-hybridized carbons (Fsp3) is 0.400. The molecule has 1 saturated heterocycles. The van der Waals surface area contributed by atoms with Gasteiger partial charge < -0.3 is 9.84 Å². The molecule has 5 heteroatoms. The molecule has 0 bridgehead atoms. The summed E-state index contributed by atoms with van der Waals surface area (Å²) in [5, 5.41) is 8.78. The van der Waals surface area contributed by atoms with E-state index >= 15 is 0 Å². The van der Waals surface area contributed by atoms with Crippen molar-refractivity contribution in [3.8, 4) is 11.3 Å². The lowest BCUT2D eigenvalue weighted by Gasteiger charge is -2.27. The van der Waals surface area contributed by atoms with Gasteiger partial charge in [0.25, 0.3) is 0 Å². The minimum Gasteiger partial charge on any atom is -0.356 e. The molecule has 1 aromatic carbocycles. The van der Waals surface area contributed by atoms with Crippen LogP contribution in [0, 0.1) is 5.92 Å². The largest absolute Gasteiger partial charge is 0.356 e. The lowest BCUT2D eigenvalue weighted by Crippen LogP contribution is -2.33. The van der Waals surface area contributed by atoms with E-state index in [1.54, 1.807) is 12.1 Å². The molecule has 20 heavy (non-hydrogen) atoms. The molecule has 0 saturated carbocycles. The third-order valence-electron chi connectivity index (χ3n) is 3.95. The van der Waals surface area contributed by atoms with Crippen molar-refractivity contribution in [2.24, 2.45) is 5.92 Å². The van der Waals surface area contributed by atoms with E-state index in [4.69, 9.17) is 27.7 Å². The Hall–Kier alpha value is -1.03. The molecule has 2 heterocycles. The Morgan fingerprint density at radius 3 is 2.75 bits per heavy atom. The van der Waals surface area contributed by atoms with E-state index < -0.39 is 0 Å². The monoisotopic (exact) mass is 310 g/mol. The molecular formula is C15H16Cl2N2O. The molecule has 3 nitrogen and oxygen atoms in total. The molecular weight excluding hydrogens is 295 g/mol. The lowest BCUT2D eigenvalue weighted by molar-refractivity contribution is 0.326. The quantitative estimate of drug-likeness (QED) is 0.895. The van der Waals surface area contributed by atoms with E-state index in [0.29, 0.717) is 33.2 Å². The zero-order chi connectivity index (χ0) is 14.1. The maximum Gasteiger partial charge on any atom is 0.170 e. The Morgan fingerprint density at radius 1 is 1.30 bits per heavy atom. The number of halogens is 2. The smallest absolute Gasteiger partial charge is 0.170 e. The minimum absolute atomic E-state index is 0.377. The molecule has 0 aliphatic carbocycles. The summed E-state index contributed by atoms with van der Waals surface area (Å²) in [5.41, 5.74) is 1.68. The number of rotatable bonds is 2. The second kappa shape index (κ2) is 5.76. The topological polar surface area (TPSA) is 38.1 Å². The number of benzene rings is 1. The van der Waals surface area contributed by atoms with Crippen LogP contribution in [0.25, 0.3) is 11.3 Å². The van der Waals surface area contributed by atoms with Crippen LogP contribution >= 0.6 is 23.2 Å². The minimum atomic E-state index is 0.377. The van der Waals surface area contributed by atoms with Gasteiger partial charge in [-0.05, 0) is 31.0 Å². The number of hydrogen-bond acceptors (Lipinski definition) is 3. The highest BCUT2D eigenvalue weighted by molar-refractivity contribution is 6.39. The van der Waals surface area contributed by atoms with Crippen LogP contribution in [-0.2, 0) is 0 Å². The zero-order valence-electron chi connectivity index (χ0n) is 11.2. The zero-order valence-corrected chi connectivity index (χ0v) is 12.7. The lowest BCUT2D eigenvalue weighted by atomic mass is 9.85. The van der Waals surface area contributed by atoms with E-state index in [9.17, 15) is 0 Å². The third-order valence-corrected chi connectivity index (χ3v) is 4.57. The van der Waals surface area contributed by atoms with Gasteiger partial charge in [0.1, 0.15) is 0 Å². The normalized spacial score (nSPS) is 22.9. The predicted octanol–water partition coefficient (Wildman–Crippen LogP) is 4.36. The van der Waals surface area contributed by atoms with Gasteiger partial charge in [0.05, 0.1) is 21.3 Å². The van der Waals surface area contributed by atoms with Crippen LogP contribution in [0.15, 0.2) is 28.8 Å². The molecule has 1 aromatic heterocycles. The van der Waals surface area contributed by atoms with Gasteiger partial charge in [-0.2, -0.15) is 0 Å². The highest BCUT2D eigenvalue weighted by atomic mass is 35.5.